The van der Waals surface area contributed by atoms with Crippen LogP contribution in [-0.4, -0.2) is 64.4 Å². The van der Waals surface area contributed by atoms with E-state index in [1.54, 1.807) is 7.11 Å². The Labute approximate surface area is 184 Å². The minimum absolute atomic E-state index is 0.507. The predicted molar refractivity (Wildman–Crippen MR) is 122 cm³/mol. The molecule has 0 atom stereocenters. The van der Waals surface area contributed by atoms with Crippen molar-refractivity contribution in [2.45, 2.75) is 54.0 Å². The largest absolute Gasteiger partial charge is 0.537 e. The van der Waals surface area contributed by atoms with E-state index in [4.69, 9.17) is 31.3 Å². The maximum Gasteiger partial charge on any atom is 0.537 e. The second-order valence-electron chi connectivity index (χ2n) is 6.36. The van der Waals surface area contributed by atoms with Gasteiger partial charge in [-0.3, -0.25) is 0 Å². The minimum atomic E-state index is -3.07. The molecular weight excluding hydrogens is 420 g/mol. The molecule has 0 fully saturated rings. The average Bonchev–Trinajstić information content (AvgIpc) is 2.73. The van der Waals surface area contributed by atoms with Gasteiger partial charge in [-0.2, -0.15) is 0 Å². The summed E-state index contributed by atoms with van der Waals surface area (Å²) in [6.45, 7) is 14.9. The molecule has 1 aromatic carbocycles. The Morgan fingerprint density at radius 3 is 1.53 bits per heavy atom. The summed E-state index contributed by atoms with van der Waals surface area (Å²) in [4.78, 5) is 0. The van der Waals surface area contributed by atoms with Gasteiger partial charge in [0.1, 0.15) is 5.75 Å². The number of methoxy groups -OCH3 is 1. The topological polar surface area (TPSA) is 64.6 Å². The highest BCUT2D eigenvalue weighted by molar-refractivity contribution is 6.75. The highest BCUT2D eigenvalue weighted by Gasteiger charge is 2.46. The van der Waals surface area contributed by atoms with Gasteiger partial charge in [0.2, 0.25) is 0 Å². The van der Waals surface area contributed by atoms with E-state index in [0.717, 1.165) is 16.5 Å². The fourth-order valence-electron chi connectivity index (χ4n) is 3.42. The summed E-state index contributed by atoms with van der Waals surface area (Å²) in [5.74, 6) is 0.776. The molecule has 0 radical (unpaired) electrons. The number of rotatable bonds is 17. The zero-order valence-electron chi connectivity index (χ0n) is 19.7. The van der Waals surface area contributed by atoms with Gasteiger partial charge in [-0.1, -0.05) is 6.07 Å². The smallest absolute Gasteiger partial charge is 0.497 e. The Morgan fingerprint density at radius 2 is 1.13 bits per heavy atom. The molecule has 0 saturated carbocycles. The predicted octanol–water partition coefficient (Wildman–Crippen LogP) is 3.54. The lowest BCUT2D eigenvalue weighted by Gasteiger charge is -2.32. The van der Waals surface area contributed by atoms with Crippen molar-refractivity contribution >= 4 is 22.8 Å². The second-order valence-corrected chi connectivity index (χ2v) is 11.6. The van der Waals surface area contributed by atoms with E-state index in [2.05, 4.69) is 0 Å². The van der Waals surface area contributed by atoms with Crippen LogP contribution >= 0.6 is 0 Å². The molecule has 1 aromatic rings. The first-order chi connectivity index (χ1) is 14.5. The first-order valence-corrected chi connectivity index (χ1v) is 14.7. The molecule has 0 aromatic heterocycles. The maximum absolute atomic E-state index is 6.16. The van der Waals surface area contributed by atoms with Crippen molar-refractivity contribution in [2.24, 2.45) is 0 Å². The van der Waals surface area contributed by atoms with E-state index in [1.807, 2.05) is 59.7 Å². The number of hydrogen-bond donors (Lipinski definition) is 0. The summed E-state index contributed by atoms with van der Waals surface area (Å²) in [5, 5.41) is 0.959. The van der Waals surface area contributed by atoms with Crippen molar-refractivity contribution in [3.63, 3.8) is 0 Å². The lowest BCUT2D eigenvalue weighted by molar-refractivity contribution is 0.0711. The van der Waals surface area contributed by atoms with Crippen LogP contribution in [0.1, 0.15) is 47.1 Å². The molecule has 0 aliphatic heterocycles. The SMILES string of the molecule is CCO[Si](CCc1cc(OC)ccc1[Si](OCC)(OCC)OCC)(OCC)OCC. The molecule has 7 nitrogen and oxygen atoms in total. The minimum Gasteiger partial charge on any atom is -0.497 e. The van der Waals surface area contributed by atoms with E-state index in [-0.39, 0.29) is 0 Å². The molecule has 30 heavy (non-hydrogen) atoms. The summed E-state index contributed by atoms with van der Waals surface area (Å²) in [5.41, 5.74) is 1.05. The first kappa shape index (κ1) is 27.2. The molecule has 0 saturated heterocycles. The van der Waals surface area contributed by atoms with Crippen LogP contribution < -0.4 is 9.92 Å². The van der Waals surface area contributed by atoms with Crippen LogP contribution in [0.4, 0.5) is 0 Å². The van der Waals surface area contributed by atoms with Crippen molar-refractivity contribution in [3.05, 3.63) is 23.8 Å². The fraction of sp³-hybridized carbons (Fsp3) is 0.714. The normalized spacial score (nSPS) is 12.4. The molecule has 0 spiro atoms. The van der Waals surface area contributed by atoms with Gasteiger partial charge < -0.3 is 31.3 Å². The molecule has 1 rings (SSSR count). The van der Waals surface area contributed by atoms with E-state index in [9.17, 15) is 0 Å². The van der Waals surface area contributed by atoms with Gasteiger partial charge in [-0.15, -0.1) is 0 Å². The first-order valence-electron chi connectivity index (χ1n) is 11.0. The highest BCUT2D eigenvalue weighted by atomic mass is 28.4. The average molecular weight is 461 g/mol. The van der Waals surface area contributed by atoms with Crippen LogP contribution in [0.3, 0.4) is 0 Å². The van der Waals surface area contributed by atoms with Crippen LogP contribution in [0.5, 0.6) is 5.75 Å². The van der Waals surface area contributed by atoms with Gasteiger partial charge in [0.25, 0.3) is 0 Å². The van der Waals surface area contributed by atoms with Crippen LogP contribution in [0, 0.1) is 0 Å². The standard InChI is InChI=1S/C21H40O7Si2/c1-8-23-29(24-9-2,25-10-3)17-16-19-18-20(22-7)14-15-21(19)30(26-11-4,27-12-5)28-13-6/h14-15,18H,8-13,16-17H2,1-7H3. The number of aryl methyl sites for hydroxylation is 1. The summed E-state index contributed by atoms with van der Waals surface area (Å²) in [7, 11) is -4.19. The molecular formula is C21H40O7Si2. The molecule has 0 heterocycles. The van der Waals surface area contributed by atoms with Gasteiger partial charge in [-0.05, 0) is 65.7 Å². The van der Waals surface area contributed by atoms with Crippen molar-refractivity contribution in [1.82, 2.24) is 0 Å². The molecule has 0 amide bonds. The third-order valence-corrected chi connectivity index (χ3v) is 10.6. The van der Waals surface area contributed by atoms with Gasteiger partial charge in [0, 0.05) is 50.9 Å². The Morgan fingerprint density at radius 1 is 0.667 bits per heavy atom. The van der Waals surface area contributed by atoms with E-state index < -0.39 is 17.6 Å². The molecule has 9 heteroatoms. The number of hydrogen-bond acceptors (Lipinski definition) is 7. The lowest BCUT2D eigenvalue weighted by atomic mass is 10.1. The molecule has 0 unspecified atom stereocenters. The summed E-state index contributed by atoms with van der Waals surface area (Å²) >= 11 is 0. The second kappa shape index (κ2) is 14.3. The van der Waals surface area contributed by atoms with Crippen molar-refractivity contribution < 1.29 is 31.3 Å². The molecule has 174 valence electrons. The fourth-order valence-corrected chi connectivity index (χ4v) is 8.73. The van der Waals surface area contributed by atoms with Gasteiger partial charge >= 0.3 is 17.6 Å². The monoisotopic (exact) mass is 460 g/mol. The zero-order chi connectivity index (χ0) is 22.5. The number of benzene rings is 1. The summed E-state index contributed by atoms with van der Waals surface area (Å²) in [6, 6.07) is 6.61. The Kier molecular flexibility index (Phi) is 13.0. The third kappa shape index (κ3) is 7.42. The summed E-state index contributed by atoms with van der Waals surface area (Å²) < 4.78 is 42.1. The van der Waals surface area contributed by atoms with Crippen molar-refractivity contribution in [3.8, 4) is 5.75 Å². The maximum atomic E-state index is 6.16. The lowest BCUT2D eigenvalue weighted by Crippen LogP contribution is -2.58. The summed E-state index contributed by atoms with van der Waals surface area (Å²) in [6.07, 6.45) is 0.681. The molecule has 0 bridgehead atoms. The van der Waals surface area contributed by atoms with Gasteiger partial charge in [-0.25, -0.2) is 0 Å². The third-order valence-electron chi connectivity index (χ3n) is 4.44. The van der Waals surface area contributed by atoms with Crippen LogP contribution in [0.15, 0.2) is 18.2 Å². The molecule has 0 aliphatic carbocycles. The molecule has 0 aliphatic rings. The van der Waals surface area contributed by atoms with Crippen LogP contribution in [0.2, 0.25) is 6.04 Å². The Balaban J connectivity index is 3.38. The van der Waals surface area contributed by atoms with Crippen LogP contribution in [0.25, 0.3) is 0 Å². The zero-order valence-corrected chi connectivity index (χ0v) is 21.7. The molecule has 0 N–H and O–H groups in total. The van der Waals surface area contributed by atoms with Crippen molar-refractivity contribution in [1.29, 1.82) is 0 Å². The quantitative estimate of drug-likeness (QED) is 0.329. The van der Waals surface area contributed by atoms with E-state index in [0.29, 0.717) is 52.1 Å². The van der Waals surface area contributed by atoms with Gasteiger partial charge in [0.15, 0.2) is 0 Å². The van der Waals surface area contributed by atoms with E-state index in [1.165, 1.54) is 0 Å². The Hall–Kier alpha value is -0.786. The van der Waals surface area contributed by atoms with Crippen LogP contribution in [-0.2, 0) is 33.0 Å². The van der Waals surface area contributed by atoms with E-state index >= 15 is 0 Å². The highest BCUT2D eigenvalue weighted by Crippen LogP contribution is 2.24. The van der Waals surface area contributed by atoms with Crippen molar-refractivity contribution in [2.75, 3.05) is 46.8 Å². The Bertz CT molecular complexity index is 567. The van der Waals surface area contributed by atoms with Gasteiger partial charge in [0.05, 0.1) is 7.11 Å². The number of ether oxygens (including phenoxy) is 1.